The normalized spacial score (nSPS) is 13.5. The number of thiophene rings is 1. The average molecular weight is 467 g/mol. The van der Waals surface area contributed by atoms with Gasteiger partial charge in [-0.15, -0.1) is 11.3 Å². The zero-order valence-corrected chi connectivity index (χ0v) is 20.5. The van der Waals surface area contributed by atoms with Crippen molar-refractivity contribution in [3.05, 3.63) is 56.4 Å². The Balaban J connectivity index is 1.27. The number of hydrogen-bond donors (Lipinski definition) is 2. The summed E-state index contributed by atoms with van der Waals surface area (Å²) in [5.41, 5.74) is 3.63. The van der Waals surface area contributed by atoms with E-state index in [9.17, 15) is 9.59 Å². The van der Waals surface area contributed by atoms with Crippen LogP contribution in [-0.4, -0.2) is 35.5 Å². The third-order valence-electron chi connectivity index (χ3n) is 6.39. The van der Waals surface area contributed by atoms with E-state index < -0.39 is 0 Å². The number of amides is 1. The van der Waals surface area contributed by atoms with E-state index in [4.69, 9.17) is 4.98 Å². The number of aromatic nitrogens is 2. The Hall–Kier alpha value is -2.67. The minimum absolute atomic E-state index is 0.00156. The summed E-state index contributed by atoms with van der Waals surface area (Å²) < 4.78 is 0. The lowest BCUT2D eigenvalue weighted by Crippen LogP contribution is -2.30. The number of aryl methyl sites for hydroxylation is 4. The van der Waals surface area contributed by atoms with Gasteiger partial charge in [-0.05, 0) is 69.2 Å². The Morgan fingerprint density at radius 2 is 2.09 bits per heavy atom. The van der Waals surface area contributed by atoms with Crippen LogP contribution < -0.4 is 15.8 Å². The van der Waals surface area contributed by atoms with E-state index in [0.29, 0.717) is 25.2 Å². The van der Waals surface area contributed by atoms with Crippen LogP contribution in [0.2, 0.25) is 0 Å². The third kappa shape index (κ3) is 5.82. The fourth-order valence-electron chi connectivity index (χ4n) is 4.62. The van der Waals surface area contributed by atoms with Crippen LogP contribution in [0.3, 0.4) is 0 Å². The molecule has 4 rings (SSSR count). The minimum Gasteiger partial charge on any atom is -0.372 e. The van der Waals surface area contributed by atoms with Gasteiger partial charge < -0.3 is 15.2 Å². The van der Waals surface area contributed by atoms with E-state index in [1.807, 2.05) is 0 Å². The molecule has 2 N–H and O–H groups in total. The predicted molar refractivity (Wildman–Crippen MR) is 137 cm³/mol. The van der Waals surface area contributed by atoms with Gasteiger partial charge in [0.2, 0.25) is 5.91 Å². The monoisotopic (exact) mass is 466 g/mol. The predicted octanol–water partition coefficient (Wildman–Crippen LogP) is 4.53. The van der Waals surface area contributed by atoms with E-state index in [-0.39, 0.29) is 11.5 Å². The summed E-state index contributed by atoms with van der Waals surface area (Å²) in [5, 5.41) is 3.79. The van der Waals surface area contributed by atoms with Gasteiger partial charge >= 0.3 is 0 Å². The van der Waals surface area contributed by atoms with Crippen molar-refractivity contribution in [3.63, 3.8) is 0 Å². The van der Waals surface area contributed by atoms with E-state index in [2.05, 4.69) is 53.3 Å². The summed E-state index contributed by atoms with van der Waals surface area (Å²) in [5.74, 6) is 0.606. The molecule has 176 valence electrons. The molecule has 1 aliphatic rings. The number of aromatic amines is 1. The Kier molecular flexibility index (Phi) is 7.81. The lowest BCUT2D eigenvalue weighted by atomic mass is 10.1. The second-order valence-corrected chi connectivity index (χ2v) is 9.96. The first-order valence-corrected chi connectivity index (χ1v) is 13.0. The Bertz CT molecular complexity index is 1170. The molecule has 0 unspecified atom stereocenters. The number of benzene rings is 1. The van der Waals surface area contributed by atoms with Crippen molar-refractivity contribution in [2.75, 3.05) is 24.5 Å². The molecule has 2 aromatic heterocycles. The lowest BCUT2D eigenvalue weighted by molar-refractivity contribution is -0.121. The molecule has 1 aromatic carbocycles. The van der Waals surface area contributed by atoms with Crippen LogP contribution in [-0.2, 0) is 24.1 Å². The summed E-state index contributed by atoms with van der Waals surface area (Å²) >= 11 is 1.66. The number of rotatable bonds is 9. The van der Waals surface area contributed by atoms with Gasteiger partial charge in [0.1, 0.15) is 10.7 Å². The highest BCUT2D eigenvalue weighted by atomic mass is 32.1. The fraction of sp³-hybridized carbons (Fsp3) is 0.500. The van der Waals surface area contributed by atoms with E-state index >= 15 is 0 Å². The molecule has 33 heavy (non-hydrogen) atoms. The Morgan fingerprint density at radius 1 is 1.24 bits per heavy atom. The highest BCUT2D eigenvalue weighted by molar-refractivity contribution is 7.18. The fourth-order valence-corrected chi connectivity index (χ4v) is 5.90. The highest BCUT2D eigenvalue weighted by Gasteiger charge is 2.19. The average Bonchev–Trinajstić information content (AvgIpc) is 2.99. The van der Waals surface area contributed by atoms with Crippen molar-refractivity contribution >= 4 is 33.1 Å². The number of carbonyl (C=O) groups is 1. The molecule has 1 amide bonds. The molecule has 3 aromatic rings. The summed E-state index contributed by atoms with van der Waals surface area (Å²) in [7, 11) is 0. The molecule has 2 heterocycles. The number of nitrogens with one attached hydrogen (secondary N) is 2. The van der Waals surface area contributed by atoms with E-state index in [0.717, 1.165) is 49.0 Å². The molecular weight excluding hydrogens is 432 g/mol. The van der Waals surface area contributed by atoms with Gasteiger partial charge in [-0.25, -0.2) is 4.98 Å². The molecular formula is C26H34N4O2S. The van der Waals surface area contributed by atoms with Gasteiger partial charge in [-0.1, -0.05) is 18.6 Å². The largest absolute Gasteiger partial charge is 0.372 e. The maximum absolute atomic E-state index is 12.7. The quantitative estimate of drug-likeness (QED) is 0.359. The van der Waals surface area contributed by atoms with Crippen LogP contribution in [0.25, 0.3) is 10.2 Å². The zero-order valence-electron chi connectivity index (χ0n) is 19.7. The van der Waals surface area contributed by atoms with Crippen molar-refractivity contribution in [2.45, 2.75) is 65.2 Å². The van der Waals surface area contributed by atoms with E-state index in [1.54, 1.807) is 11.3 Å². The molecule has 0 saturated heterocycles. The van der Waals surface area contributed by atoms with Gasteiger partial charge in [-0.3, -0.25) is 9.59 Å². The van der Waals surface area contributed by atoms with Gasteiger partial charge in [0.25, 0.3) is 5.56 Å². The smallest absolute Gasteiger partial charge is 0.259 e. The number of nitrogens with zero attached hydrogens (tertiary/aromatic N) is 2. The summed E-state index contributed by atoms with van der Waals surface area (Å²) in [4.78, 5) is 37.2. The van der Waals surface area contributed by atoms with Gasteiger partial charge in [0, 0.05) is 43.0 Å². The topological polar surface area (TPSA) is 78.1 Å². The Morgan fingerprint density at radius 3 is 2.91 bits per heavy atom. The molecule has 0 saturated carbocycles. The summed E-state index contributed by atoms with van der Waals surface area (Å²) in [6.07, 6.45) is 7.24. The van der Waals surface area contributed by atoms with Gasteiger partial charge in [0.05, 0.1) is 5.39 Å². The van der Waals surface area contributed by atoms with Gasteiger partial charge in [0.15, 0.2) is 0 Å². The molecule has 0 aliphatic heterocycles. The maximum atomic E-state index is 12.7. The first-order chi connectivity index (χ1) is 16.0. The highest BCUT2D eigenvalue weighted by Crippen LogP contribution is 2.32. The van der Waals surface area contributed by atoms with Crippen LogP contribution in [0.1, 0.15) is 60.9 Å². The summed E-state index contributed by atoms with van der Waals surface area (Å²) in [6, 6.07) is 8.51. The number of anilines is 1. The van der Waals surface area contributed by atoms with Crippen LogP contribution in [0, 0.1) is 6.92 Å². The number of fused-ring (bicyclic) bond motifs is 3. The zero-order chi connectivity index (χ0) is 23.2. The van der Waals surface area contributed by atoms with Crippen LogP contribution >= 0.6 is 11.3 Å². The van der Waals surface area contributed by atoms with Crippen LogP contribution in [0.5, 0.6) is 0 Å². The van der Waals surface area contributed by atoms with Crippen molar-refractivity contribution in [2.24, 2.45) is 0 Å². The second kappa shape index (κ2) is 11.0. The SMILES string of the molecule is CCN(CCCNC(=O)CCc1nc2sc3c(c2c(=O)[nH]1)CCCCC3)c1cccc(C)c1. The first kappa shape index (κ1) is 23.5. The maximum Gasteiger partial charge on any atom is 0.259 e. The van der Waals surface area contributed by atoms with Gasteiger partial charge in [-0.2, -0.15) is 0 Å². The molecule has 1 aliphatic carbocycles. The number of hydrogen-bond acceptors (Lipinski definition) is 5. The number of H-pyrrole nitrogens is 1. The first-order valence-electron chi connectivity index (χ1n) is 12.2. The molecule has 0 fully saturated rings. The van der Waals surface area contributed by atoms with Crippen molar-refractivity contribution < 1.29 is 4.79 Å². The molecule has 0 spiro atoms. The second-order valence-electron chi connectivity index (χ2n) is 8.88. The molecule has 7 heteroatoms. The molecule has 0 bridgehead atoms. The van der Waals surface area contributed by atoms with Crippen LogP contribution in [0.4, 0.5) is 5.69 Å². The van der Waals surface area contributed by atoms with E-state index in [1.165, 1.54) is 34.5 Å². The minimum atomic E-state index is -0.0504. The molecule has 0 atom stereocenters. The number of carbonyl (C=O) groups excluding carboxylic acids is 1. The molecule has 6 nitrogen and oxygen atoms in total. The standard InChI is InChI=1S/C26H34N4O2S/c1-3-30(19-10-7-9-18(2)17-19)16-8-15-27-23(31)14-13-22-28-25(32)24-20-11-5-4-6-12-21(20)33-26(24)29-22/h7,9-10,17H,3-6,8,11-16H2,1-2H3,(H,27,31)(H,28,29,32). The molecule has 0 radical (unpaired) electrons. The third-order valence-corrected chi connectivity index (χ3v) is 7.57. The van der Waals surface area contributed by atoms with Crippen molar-refractivity contribution in [1.82, 2.24) is 15.3 Å². The lowest BCUT2D eigenvalue weighted by Gasteiger charge is -2.23. The van der Waals surface area contributed by atoms with Crippen molar-refractivity contribution in [1.29, 1.82) is 0 Å². The summed E-state index contributed by atoms with van der Waals surface area (Å²) in [6.45, 7) is 6.73. The van der Waals surface area contributed by atoms with Crippen molar-refractivity contribution in [3.8, 4) is 0 Å². The van der Waals surface area contributed by atoms with Crippen LogP contribution in [0.15, 0.2) is 29.1 Å². The Labute approximate surface area is 199 Å².